The number of para-hydroxylation sites is 1. The highest BCUT2D eigenvalue weighted by Crippen LogP contribution is 2.29. The highest BCUT2D eigenvalue weighted by atomic mass is 35.5. The van der Waals surface area contributed by atoms with Gasteiger partial charge in [0.05, 0.1) is 16.6 Å². The lowest BCUT2D eigenvalue weighted by atomic mass is 10.1. The Morgan fingerprint density at radius 1 is 0.875 bits per heavy atom. The van der Waals surface area contributed by atoms with Crippen molar-refractivity contribution >= 4 is 58.5 Å². The number of carbonyl (C=O) groups excluding carboxylic acids is 3. The van der Waals surface area contributed by atoms with Crippen LogP contribution in [0.2, 0.25) is 5.02 Å². The zero-order valence-corrected chi connectivity index (χ0v) is 28.1. The molecule has 5 aromatic rings. The Morgan fingerprint density at radius 2 is 1.56 bits per heavy atom. The number of amides is 3. The average Bonchev–Trinajstić information content (AvgIpc) is 3.30. The summed E-state index contributed by atoms with van der Waals surface area (Å²) < 4.78 is 3.23. The molecule has 3 N–H and O–H groups in total. The normalized spacial score (nSPS) is 11.9. The van der Waals surface area contributed by atoms with Crippen molar-refractivity contribution in [2.24, 2.45) is 7.05 Å². The standard InChI is InChI=1S/C37H34ClN5O4S/c1-4-32(36(46)41-33-24(2)42(3)43(37(33)47)29-18-9-6-10-19-29)48-30-20-12-17-28(23-30)39-35(45)31(22-25-13-11-16-27(38)21-25)40-34(44)26-14-7-5-8-15-26/h5-23,32H,4H2,1-3H3,(H,39,45)(H,40,44)(H,41,46)/b31-22-. The summed E-state index contributed by atoms with van der Waals surface area (Å²) in [4.78, 5) is 54.1. The van der Waals surface area contributed by atoms with Gasteiger partial charge in [-0.05, 0) is 79.6 Å². The number of halogens is 1. The molecule has 48 heavy (non-hydrogen) atoms. The topological polar surface area (TPSA) is 114 Å². The number of carbonyl (C=O) groups is 3. The molecular formula is C37H34ClN5O4S. The highest BCUT2D eigenvalue weighted by molar-refractivity contribution is 8.00. The maximum absolute atomic E-state index is 13.5. The smallest absolute Gasteiger partial charge is 0.295 e. The molecule has 1 heterocycles. The van der Waals surface area contributed by atoms with E-state index in [-0.39, 0.29) is 22.9 Å². The molecule has 1 unspecified atom stereocenters. The van der Waals surface area contributed by atoms with E-state index in [1.807, 2.05) is 43.3 Å². The van der Waals surface area contributed by atoms with Crippen LogP contribution in [0.15, 0.2) is 125 Å². The van der Waals surface area contributed by atoms with Gasteiger partial charge in [-0.15, -0.1) is 11.8 Å². The van der Waals surface area contributed by atoms with Gasteiger partial charge in [0.25, 0.3) is 17.4 Å². The van der Waals surface area contributed by atoms with Crippen molar-refractivity contribution < 1.29 is 14.4 Å². The number of hydrogen-bond acceptors (Lipinski definition) is 5. The van der Waals surface area contributed by atoms with Gasteiger partial charge in [0.1, 0.15) is 11.4 Å². The number of hydrogen-bond donors (Lipinski definition) is 3. The van der Waals surface area contributed by atoms with Crippen LogP contribution >= 0.6 is 23.4 Å². The summed E-state index contributed by atoms with van der Waals surface area (Å²) in [7, 11) is 1.77. The summed E-state index contributed by atoms with van der Waals surface area (Å²) in [6.45, 7) is 3.68. The molecule has 0 aliphatic carbocycles. The predicted molar refractivity (Wildman–Crippen MR) is 193 cm³/mol. The van der Waals surface area contributed by atoms with Gasteiger partial charge in [0.2, 0.25) is 5.91 Å². The molecule has 11 heteroatoms. The summed E-state index contributed by atoms with van der Waals surface area (Å²) in [5.41, 5.74) is 2.75. The molecule has 1 aromatic heterocycles. The Balaban J connectivity index is 1.32. The minimum Gasteiger partial charge on any atom is -0.321 e. The van der Waals surface area contributed by atoms with Gasteiger partial charge in [0.15, 0.2) is 0 Å². The number of nitrogens with one attached hydrogen (secondary N) is 3. The second kappa shape index (κ2) is 15.5. The third-order valence-electron chi connectivity index (χ3n) is 7.52. The van der Waals surface area contributed by atoms with E-state index in [1.165, 1.54) is 16.4 Å². The maximum atomic E-state index is 13.5. The molecule has 0 radical (unpaired) electrons. The monoisotopic (exact) mass is 679 g/mol. The Morgan fingerprint density at radius 3 is 2.25 bits per heavy atom. The van der Waals surface area contributed by atoms with Gasteiger partial charge in [-0.3, -0.25) is 23.9 Å². The summed E-state index contributed by atoms with van der Waals surface area (Å²) >= 11 is 7.48. The SMILES string of the molecule is CCC(Sc1cccc(NC(=O)/C(=C/c2cccc(Cl)c2)NC(=O)c2ccccc2)c1)C(=O)Nc1c(C)n(C)n(-c2ccccc2)c1=O. The van der Waals surface area contributed by atoms with Crippen LogP contribution in [0.4, 0.5) is 11.4 Å². The molecule has 244 valence electrons. The fourth-order valence-electron chi connectivity index (χ4n) is 4.95. The van der Waals surface area contributed by atoms with Gasteiger partial charge in [0, 0.05) is 28.2 Å². The zero-order chi connectivity index (χ0) is 34.2. The van der Waals surface area contributed by atoms with E-state index in [1.54, 1.807) is 97.5 Å². The Kier molecular flexibility index (Phi) is 11.0. The summed E-state index contributed by atoms with van der Waals surface area (Å²) in [6, 6.07) is 31.8. The van der Waals surface area contributed by atoms with Crippen molar-refractivity contribution in [3.8, 4) is 5.69 Å². The molecule has 3 amide bonds. The molecule has 0 spiro atoms. The average molecular weight is 680 g/mol. The molecule has 5 rings (SSSR count). The van der Waals surface area contributed by atoms with E-state index >= 15 is 0 Å². The van der Waals surface area contributed by atoms with Crippen LogP contribution in [0.25, 0.3) is 11.8 Å². The largest absolute Gasteiger partial charge is 0.321 e. The molecule has 9 nitrogen and oxygen atoms in total. The van der Waals surface area contributed by atoms with Crippen LogP contribution in [0.3, 0.4) is 0 Å². The minimum absolute atomic E-state index is 0.0226. The number of benzene rings is 4. The molecular weight excluding hydrogens is 646 g/mol. The summed E-state index contributed by atoms with van der Waals surface area (Å²) in [5.74, 6) is -1.29. The van der Waals surface area contributed by atoms with Crippen LogP contribution < -0.4 is 21.5 Å². The van der Waals surface area contributed by atoms with E-state index in [4.69, 9.17) is 11.6 Å². The van der Waals surface area contributed by atoms with Gasteiger partial charge in [-0.2, -0.15) is 0 Å². The molecule has 4 aromatic carbocycles. The van der Waals surface area contributed by atoms with Crippen molar-refractivity contribution in [2.75, 3.05) is 10.6 Å². The van der Waals surface area contributed by atoms with Crippen LogP contribution in [-0.2, 0) is 16.6 Å². The first kappa shape index (κ1) is 34.0. The maximum Gasteiger partial charge on any atom is 0.295 e. The molecule has 0 fully saturated rings. The molecule has 0 bridgehead atoms. The lowest BCUT2D eigenvalue weighted by Crippen LogP contribution is -2.30. The third-order valence-corrected chi connectivity index (χ3v) is 9.12. The minimum atomic E-state index is -0.541. The Hall–Kier alpha value is -5.32. The second-order valence-electron chi connectivity index (χ2n) is 10.9. The van der Waals surface area contributed by atoms with Crippen molar-refractivity contribution in [1.82, 2.24) is 14.7 Å². The molecule has 1 atom stereocenters. The van der Waals surface area contributed by atoms with Crippen molar-refractivity contribution in [2.45, 2.75) is 30.4 Å². The summed E-state index contributed by atoms with van der Waals surface area (Å²) in [6.07, 6.45) is 2.04. The fraction of sp³-hybridized carbons (Fsp3) is 0.135. The van der Waals surface area contributed by atoms with Crippen LogP contribution in [0.5, 0.6) is 0 Å². The van der Waals surface area contributed by atoms with Crippen molar-refractivity contribution in [1.29, 1.82) is 0 Å². The Labute approximate surface area is 287 Å². The number of anilines is 2. The zero-order valence-electron chi connectivity index (χ0n) is 26.6. The molecule has 0 aliphatic heterocycles. The van der Waals surface area contributed by atoms with Gasteiger partial charge >= 0.3 is 0 Å². The lowest BCUT2D eigenvalue weighted by Gasteiger charge is -2.15. The van der Waals surface area contributed by atoms with Crippen molar-refractivity contribution in [3.05, 3.63) is 147 Å². The molecule has 0 saturated carbocycles. The van der Waals surface area contributed by atoms with Gasteiger partial charge in [-0.1, -0.05) is 73.1 Å². The van der Waals surface area contributed by atoms with Gasteiger partial charge < -0.3 is 16.0 Å². The molecule has 0 aliphatic rings. The van der Waals surface area contributed by atoms with E-state index in [2.05, 4.69) is 16.0 Å². The highest BCUT2D eigenvalue weighted by Gasteiger charge is 2.24. The number of thioether (sulfide) groups is 1. The van der Waals surface area contributed by atoms with Crippen LogP contribution in [0.1, 0.15) is 35.0 Å². The summed E-state index contributed by atoms with van der Waals surface area (Å²) in [5, 5.41) is 8.40. The molecule has 0 saturated heterocycles. The first-order valence-corrected chi connectivity index (χ1v) is 16.5. The van der Waals surface area contributed by atoms with Crippen molar-refractivity contribution in [3.63, 3.8) is 0 Å². The van der Waals surface area contributed by atoms with E-state index < -0.39 is 17.1 Å². The number of aromatic nitrogens is 2. The number of rotatable bonds is 11. The van der Waals surface area contributed by atoms with Gasteiger partial charge in [-0.25, -0.2) is 4.68 Å². The number of nitrogens with zero attached hydrogens (tertiary/aromatic N) is 2. The van der Waals surface area contributed by atoms with E-state index in [0.717, 1.165) is 4.90 Å². The quantitative estimate of drug-likeness (QED) is 0.102. The van der Waals surface area contributed by atoms with Crippen LogP contribution in [0, 0.1) is 6.92 Å². The van der Waals surface area contributed by atoms with Crippen LogP contribution in [-0.4, -0.2) is 32.3 Å². The van der Waals surface area contributed by atoms with E-state index in [0.29, 0.717) is 39.6 Å². The fourth-order valence-corrected chi connectivity index (χ4v) is 6.17. The first-order chi connectivity index (χ1) is 23.1. The third kappa shape index (κ3) is 8.14. The first-order valence-electron chi connectivity index (χ1n) is 15.2. The predicted octanol–water partition coefficient (Wildman–Crippen LogP) is 7.06. The Bertz CT molecular complexity index is 2040. The second-order valence-corrected chi connectivity index (χ2v) is 12.6. The van der Waals surface area contributed by atoms with E-state index in [9.17, 15) is 19.2 Å². The lowest BCUT2D eigenvalue weighted by molar-refractivity contribution is -0.116.